The fourth-order valence-electron chi connectivity index (χ4n) is 2.67. The Morgan fingerprint density at radius 3 is 2.31 bits per heavy atom. The molecule has 1 aromatic carbocycles. The van der Waals surface area contributed by atoms with Crippen molar-refractivity contribution in [1.82, 2.24) is 0 Å². The molecular weight excluding hydrogens is 220 g/mol. The van der Waals surface area contributed by atoms with Crippen LogP contribution < -0.4 is 0 Å². The van der Waals surface area contributed by atoms with E-state index in [-0.39, 0.29) is 0 Å². The van der Waals surface area contributed by atoms with Gasteiger partial charge in [0, 0.05) is 4.90 Å². The number of benzene rings is 1. The molecule has 2 fully saturated rings. The summed E-state index contributed by atoms with van der Waals surface area (Å²) in [5.74, 6) is -0.640. The fraction of sp³-hybridized carbons (Fsp3) is 0.462. The van der Waals surface area contributed by atoms with Crippen molar-refractivity contribution in [2.75, 3.05) is 0 Å². The number of carboxylic acid groups (broad SMARTS) is 1. The van der Waals surface area contributed by atoms with E-state index >= 15 is 0 Å². The summed E-state index contributed by atoms with van der Waals surface area (Å²) < 4.78 is -0.544. The lowest BCUT2D eigenvalue weighted by atomic mass is 9.71. The Bertz CT molecular complexity index is 415. The molecule has 0 aromatic heterocycles. The molecular formula is C13H14O2S. The lowest BCUT2D eigenvalue weighted by molar-refractivity contribution is -0.144. The molecule has 1 N–H and O–H groups in total. The zero-order valence-electron chi connectivity index (χ0n) is 8.98. The van der Waals surface area contributed by atoms with Crippen LogP contribution >= 0.6 is 11.8 Å². The fourth-order valence-corrected chi connectivity index (χ4v) is 4.26. The first kappa shape index (κ1) is 10.2. The van der Waals surface area contributed by atoms with Crippen LogP contribution in [0.25, 0.3) is 0 Å². The molecule has 0 saturated heterocycles. The monoisotopic (exact) mass is 234 g/mol. The Balaban J connectivity index is 1.78. The Labute approximate surface area is 99.1 Å². The van der Waals surface area contributed by atoms with Gasteiger partial charge in [-0.2, -0.15) is 0 Å². The predicted octanol–water partition coefficient (Wildman–Crippen LogP) is 3.18. The Hall–Kier alpha value is -0.960. The van der Waals surface area contributed by atoms with Crippen LogP contribution in [0, 0.1) is 5.41 Å². The normalized spacial score (nSPS) is 23.8. The topological polar surface area (TPSA) is 37.3 Å². The van der Waals surface area contributed by atoms with E-state index in [2.05, 4.69) is 0 Å². The predicted molar refractivity (Wildman–Crippen MR) is 63.6 cm³/mol. The Morgan fingerprint density at radius 2 is 1.81 bits per heavy atom. The molecule has 84 valence electrons. The van der Waals surface area contributed by atoms with Gasteiger partial charge < -0.3 is 5.11 Å². The summed E-state index contributed by atoms with van der Waals surface area (Å²) in [5.41, 5.74) is 0.417. The van der Waals surface area contributed by atoms with Gasteiger partial charge in [-0.25, -0.2) is 0 Å². The van der Waals surface area contributed by atoms with Crippen LogP contribution in [0.5, 0.6) is 0 Å². The van der Waals surface area contributed by atoms with Gasteiger partial charge in [-0.3, -0.25) is 4.79 Å². The van der Waals surface area contributed by atoms with Crippen molar-refractivity contribution >= 4 is 17.7 Å². The standard InChI is InChI=1S/C13H14O2S/c14-11(15)13(8-12(9-13)6-7-12)16-10-4-2-1-3-5-10/h1-5H,6-9H2,(H,14,15). The number of aliphatic carboxylic acids is 1. The molecule has 2 nitrogen and oxygen atoms in total. The van der Waals surface area contributed by atoms with Crippen LogP contribution in [0.4, 0.5) is 0 Å². The summed E-state index contributed by atoms with van der Waals surface area (Å²) in [6, 6.07) is 9.87. The largest absolute Gasteiger partial charge is 0.480 e. The molecule has 2 aliphatic rings. The number of carbonyl (C=O) groups is 1. The quantitative estimate of drug-likeness (QED) is 0.872. The van der Waals surface area contributed by atoms with Crippen molar-refractivity contribution in [2.24, 2.45) is 5.41 Å². The molecule has 0 aliphatic heterocycles. The maximum absolute atomic E-state index is 11.4. The third kappa shape index (κ3) is 1.54. The van der Waals surface area contributed by atoms with Crippen molar-refractivity contribution in [1.29, 1.82) is 0 Å². The molecule has 0 amide bonds. The van der Waals surface area contributed by atoms with Crippen molar-refractivity contribution < 1.29 is 9.90 Å². The molecule has 0 unspecified atom stereocenters. The first-order valence-corrected chi connectivity index (χ1v) is 6.43. The van der Waals surface area contributed by atoms with Crippen molar-refractivity contribution in [2.45, 2.75) is 35.3 Å². The lowest BCUT2D eigenvalue weighted by Crippen LogP contribution is -2.48. The van der Waals surface area contributed by atoms with Gasteiger partial charge in [-0.1, -0.05) is 18.2 Å². The summed E-state index contributed by atoms with van der Waals surface area (Å²) >= 11 is 1.53. The van der Waals surface area contributed by atoms with Crippen LogP contribution in [-0.4, -0.2) is 15.8 Å². The van der Waals surface area contributed by atoms with Gasteiger partial charge in [0.25, 0.3) is 0 Å². The second-order valence-corrected chi connectivity index (χ2v) is 6.53. The minimum absolute atomic E-state index is 0.417. The molecule has 3 heteroatoms. The van der Waals surface area contributed by atoms with Gasteiger partial charge in [0.2, 0.25) is 0 Å². The van der Waals surface area contributed by atoms with Gasteiger partial charge in [0.05, 0.1) is 0 Å². The minimum atomic E-state index is -0.640. The maximum atomic E-state index is 11.4. The zero-order chi connectivity index (χ0) is 11.2. The van der Waals surface area contributed by atoms with E-state index in [9.17, 15) is 9.90 Å². The number of hydrogen-bond donors (Lipinski definition) is 1. The minimum Gasteiger partial charge on any atom is -0.480 e. The van der Waals surface area contributed by atoms with Gasteiger partial charge in [0.1, 0.15) is 4.75 Å². The highest BCUT2D eigenvalue weighted by atomic mass is 32.2. The number of hydrogen-bond acceptors (Lipinski definition) is 2. The molecule has 0 radical (unpaired) electrons. The van der Waals surface area contributed by atoms with Crippen LogP contribution in [0.3, 0.4) is 0 Å². The van der Waals surface area contributed by atoms with Crippen LogP contribution in [-0.2, 0) is 4.79 Å². The van der Waals surface area contributed by atoms with E-state index in [0.717, 1.165) is 17.7 Å². The zero-order valence-corrected chi connectivity index (χ0v) is 9.80. The molecule has 1 aromatic rings. The smallest absolute Gasteiger partial charge is 0.320 e. The molecule has 2 saturated carbocycles. The first-order chi connectivity index (χ1) is 7.64. The van der Waals surface area contributed by atoms with Crippen LogP contribution in [0.1, 0.15) is 25.7 Å². The van der Waals surface area contributed by atoms with Crippen LogP contribution in [0.15, 0.2) is 35.2 Å². The third-order valence-electron chi connectivity index (χ3n) is 3.72. The van der Waals surface area contributed by atoms with E-state index in [1.54, 1.807) is 0 Å². The van der Waals surface area contributed by atoms with Crippen molar-refractivity contribution in [3.8, 4) is 0 Å². The molecule has 16 heavy (non-hydrogen) atoms. The second-order valence-electron chi connectivity index (χ2n) is 5.07. The molecule has 0 heterocycles. The Kier molecular flexibility index (Phi) is 2.08. The van der Waals surface area contributed by atoms with Crippen molar-refractivity contribution in [3.05, 3.63) is 30.3 Å². The van der Waals surface area contributed by atoms with E-state index in [0.29, 0.717) is 5.41 Å². The van der Waals surface area contributed by atoms with Crippen molar-refractivity contribution in [3.63, 3.8) is 0 Å². The average Bonchev–Trinajstić information content (AvgIpc) is 2.98. The van der Waals surface area contributed by atoms with Gasteiger partial charge >= 0.3 is 5.97 Å². The summed E-state index contributed by atoms with van der Waals surface area (Å²) in [7, 11) is 0. The van der Waals surface area contributed by atoms with E-state index in [1.807, 2.05) is 30.3 Å². The summed E-state index contributed by atoms with van der Waals surface area (Å²) in [6.07, 6.45) is 4.18. The molecule has 1 spiro atoms. The number of carboxylic acids is 1. The van der Waals surface area contributed by atoms with E-state index < -0.39 is 10.7 Å². The van der Waals surface area contributed by atoms with Gasteiger partial charge in [0.15, 0.2) is 0 Å². The average molecular weight is 234 g/mol. The van der Waals surface area contributed by atoms with Crippen LogP contribution in [0.2, 0.25) is 0 Å². The second kappa shape index (κ2) is 3.27. The molecule has 3 rings (SSSR count). The number of rotatable bonds is 3. The van der Waals surface area contributed by atoms with E-state index in [1.165, 1.54) is 24.6 Å². The third-order valence-corrected chi connectivity index (χ3v) is 5.09. The molecule has 2 aliphatic carbocycles. The van der Waals surface area contributed by atoms with E-state index in [4.69, 9.17) is 0 Å². The van der Waals surface area contributed by atoms with Gasteiger partial charge in [-0.05, 0) is 43.2 Å². The maximum Gasteiger partial charge on any atom is 0.320 e. The summed E-state index contributed by atoms with van der Waals surface area (Å²) in [4.78, 5) is 12.5. The summed E-state index contributed by atoms with van der Waals surface area (Å²) in [5, 5.41) is 9.38. The van der Waals surface area contributed by atoms with Gasteiger partial charge in [-0.15, -0.1) is 11.8 Å². The summed E-state index contributed by atoms with van der Waals surface area (Å²) in [6.45, 7) is 0. The Morgan fingerprint density at radius 1 is 1.19 bits per heavy atom. The first-order valence-electron chi connectivity index (χ1n) is 5.62. The lowest BCUT2D eigenvalue weighted by Gasteiger charge is -2.44. The highest BCUT2D eigenvalue weighted by Gasteiger charge is 2.64. The SMILES string of the molecule is O=C(O)C1(Sc2ccccc2)CC2(CC2)C1. The highest BCUT2D eigenvalue weighted by Crippen LogP contribution is 2.69. The number of thioether (sulfide) groups is 1. The molecule has 0 atom stereocenters. The highest BCUT2D eigenvalue weighted by molar-refractivity contribution is 8.01. The molecule has 0 bridgehead atoms.